The minimum absolute atomic E-state index is 0.617. The summed E-state index contributed by atoms with van der Waals surface area (Å²) in [6.45, 7) is 8.24. The second kappa shape index (κ2) is 6.65. The molecule has 2 rings (SSSR count). The van der Waals surface area contributed by atoms with Crippen molar-refractivity contribution in [2.24, 2.45) is 5.92 Å². The SMILES string of the molecule is CCCn1nccc1CNc1nnc(CC(C)C)s1. The first-order valence-electron chi connectivity index (χ1n) is 6.76. The van der Waals surface area contributed by atoms with Crippen LogP contribution in [0.25, 0.3) is 0 Å². The third kappa shape index (κ3) is 4.02. The standard InChI is InChI=1S/C13H21N5S/c1-4-7-18-11(5-6-15-18)9-14-13-17-16-12(19-13)8-10(2)3/h5-6,10H,4,7-9H2,1-3H3,(H,14,17). The second-order valence-corrected chi connectivity index (χ2v) is 6.06. The number of hydrogen-bond donors (Lipinski definition) is 1. The maximum atomic E-state index is 4.31. The summed E-state index contributed by atoms with van der Waals surface area (Å²) in [6, 6.07) is 2.04. The molecule has 19 heavy (non-hydrogen) atoms. The molecule has 0 spiro atoms. The van der Waals surface area contributed by atoms with E-state index in [9.17, 15) is 0 Å². The van der Waals surface area contributed by atoms with E-state index in [-0.39, 0.29) is 0 Å². The molecule has 0 amide bonds. The summed E-state index contributed by atoms with van der Waals surface area (Å²) in [6.07, 6.45) is 3.93. The highest BCUT2D eigenvalue weighted by atomic mass is 32.1. The van der Waals surface area contributed by atoms with Crippen LogP contribution in [0.2, 0.25) is 0 Å². The lowest BCUT2D eigenvalue weighted by molar-refractivity contribution is 0.578. The van der Waals surface area contributed by atoms with Crippen LogP contribution in [0.3, 0.4) is 0 Å². The molecule has 6 heteroatoms. The molecule has 2 heterocycles. The fourth-order valence-electron chi connectivity index (χ4n) is 1.85. The Labute approximate surface area is 118 Å². The van der Waals surface area contributed by atoms with Gasteiger partial charge in [-0.05, 0) is 18.4 Å². The lowest BCUT2D eigenvalue weighted by atomic mass is 10.1. The van der Waals surface area contributed by atoms with Crippen LogP contribution in [0.5, 0.6) is 0 Å². The molecule has 0 fully saturated rings. The highest BCUT2D eigenvalue weighted by Crippen LogP contribution is 2.18. The van der Waals surface area contributed by atoms with Gasteiger partial charge in [0.15, 0.2) is 0 Å². The van der Waals surface area contributed by atoms with E-state index in [2.05, 4.69) is 41.4 Å². The number of nitrogens with zero attached hydrogens (tertiary/aromatic N) is 4. The van der Waals surface area contributed by atoms with Crippen LogP contribution in [-0.4, -0.2) is 20.0 Å². The highest BCUT2D eigenvalue weighted by molar-refractivity contribution is 7.15. The number of aromatic nitrogens is 4. The van der Waals surface area contributed by atoms with E-state index >= 15 is 0 Å². The van der Waals surface area contributed by atoms with Crippen LogP contribution < -0.4 is 5.32 Å². The van der Waals surface area contributed by atoms with Crippen molar-refractivity contribution >= 4 is 16.5 Å². The molecule has 2 aromatic rings. The van der Waals surface area contributed by atoms with Crippen LogP contribution in [-0.2, 0) is 19.5 Å². The van der Waals surface area contributed by atoms with Crippen LogP contribution >= 0.6 is 11.3 Å². The van der Waals surface area contributed by atoms with Crippen LogP contribution in [0, 0.1) is 5.92 Å². The topological polar surface area (TPSA) is 55.6 Å². The third-order valence-electron chi connectivity index (χ3n) is 2.71. The Balaban J connectivity index is 1.91. The molecule has 0 aliphatic rings. The highest BCUT2D eigenvalue weighted by Gasteiger charge is 2.07. The van der Waals surface area contributed by atoms with Crippen molar-refractivity contribution in [3.8, 4) is 0 Å². The smallest absolute Gasteiger partial charge is 0.205 e. The Morgan fingerprint density at radius 3 is 2.95 bits per heavy atom. The van der Waals surface area contributed by atoms with Crippen molar-refractivity contribution in [1.29, 1.82) is 0 Å². The maximum absolute atomic E-state index is 4.31. The molecule has 0 aromatic carbocycles. The van der Waals surface area contributed by atoms with Gasteiger partial charge >= 0.3 is 0 Å². The summed E-state index contributed by atoms with van der Waals surface area (Å²) < 4.78 is 2.03. The second-order valence-electron chi connectivity index (χ2n) is 5.00. The number of rotatable bonds is 7. The van der Waals surface area contributed by atoms with Gasteiger partial charge in [-0.25, -0.2) is 0 Å². The Morgan fingerprint density at radius 2 is 2.21 bits per heavy atom. The van der Waals surface area contributed by atoms with E-state index < -0.39 is 0 Å². The largest absolute Gasteiger partial charge is 0.354 e. The summed E-state index contributed by atoms with van der Waals surface area (Å²) >= 11 is 1.64. The van der Waals surface area contributed by atoms with E-state index in [1.54, 1.807) is 11.3 Å². The molecule has 0 radical (unpaired) electrons. The van der Waals surface area contributed by atoms with E-state index in [1.807, 2.05) is 16.9 Å². The summed E-state index contributed by atoms with van der Waals surface area (Å²) in [4.78, 5) is 0. The van der Waals surface area contributed by atoms with Gasteiger partial charge in [0.05, 0.1) is 12.2 Å². The van der Waals surface area contributed by atoms with Gasteiger partial charge in [0.1, 0.15) is 5.01 Å². The average molecular weight is 279 g/mol. The molecule has 1 N–H and O–H groups in total. The van der Waals surface area contributed by atoms with Gasteiger partial charge in [-0.2, -0.15) is 5.10 Å². The summed E-state index contributed by atoms with van der Waals surface area (Å²) in [7, 11) is 0. The molecule has 104 valence electrons. The molecule has 0 atom stereocenters. The first-order valence-corrected chi connectivity index (χ1v) is 7.57. The molecule has 0 saturated heterocycles. The Kier molecular flexibility index (Phi) is 4.90. The monoisotopic (exact) mass is 279 g/mol. The minimum atomic E-state index is 0.617. The molecule has 0 saturated carbocycles. The van der Waals surface area contributed by atoms with Crippen molar-refractivity contribution < 1.29 is 0 Å². The Hall–Kier alpha value is -1.43. The van der Waals surface area contributed by atoms with E-state index in [4.69, 9.17) is 0 Å². The Bertz CT molecular complexity index is 503. The normalized spacial score (nSPS) is 11.2. The molecule has 0 aliphatic heterocycles. The predicted molar refractivity (Wildman–Crippen MR) is 78.3 cm³/mol. The molecule has 5 nitrogen and oxygen atoms in total. The molecule has 0 aliphatic carbocycles. The van der Waals surface area contributed by atoms with Gasteiger partial charge in [-0.15, -0.1) is 10.2 Å². The lowest BCUT2D eigenvalue weighted by Crippen LogP contribution is -2.08. The van der Waals surface area contributed by atoms with E-state index in [0.717, 1.165) is 36.1 Å². The molecule has 0 bridgehead atoms. The zero-order valence-corrected chi connectivity index (χ0v) is 12.6. The number of nitrogens with one attached hydrogen (secondary N) is 1. The third-order valence-corrected chi connectivity index (χ3v) is 3.61. The molecular weight excluding hydrogens is 258 g/mol. The van der Waals surface area contributed by atoms with Gasteiger partial charge in [0.2, 0.25) is 5.13 Å². The van der Waals surface area contributed by atoms with Gasteiger partial charge < -0.3 is 5.32 Å². The van der Waals surface area contributed by atoms with E-state index in [1.165, 1.54) is 5.69 Å². The summed E-state index contributed by atoms with van der Waals surface area (Å²) in [5, 5.41) is 18.0. The first-order chi connectivity index (χ1) is 9.19. The zero-order valence-electron chi connectivity index (χ0n) is 11.8. The van der Waals surface area contributed by atoms with E-state index in [0.29, 0.717) is 5.92 Å². The van der Waals surface area contributed by atoms with Crippen molar-refractivity contribution in [1.82, 2.24) is 20.0 Å². The first kappa shape index (κ1) is 14.0. The quantitative estimate of drug-likeness (QED) is 0.846. The van der Waals surface area contributed by atoms with Crippen LogP contribution in [0.15, 0.2) is 12.3 Å². The van der Waals surface area contributed by atoms with Gasteiger partial charge in [0.25, 0.3) is 0 Å². The number of anilines is 1. The van der Waals surface area contributed by atoms with Crippen molar-refractivity contribution in [3.63, 3.8) is 0 Å². The van der Waals surface area contributed by atoms with Crippen molar-refractivity contribution in [3.05, 3.63) is 23.0 Å². The summed E-state index contributed by atoms with van der Waals surface area (Å²) in [5.41, 5.74) is 1.18. The maximum Gasteiger partial charge on any atom is 0.205 e. The predicted octanol–water partition coefficient (Wildman–Crippen LogP) is 2.96. The molecule has 0 unspecified atom stereocenters. The lowest BCUT2D eigenvalue weighted by Gasteiger charge is -2.06. The number of aryl methyl sites for hydroxylation is 1. The zero-order chi connectivity index (χ0) is 13.7. The summed E-state index contributed by atoms with van der Waals surface area (Å²) in [5.74, 6) is 0.617. The fourth-order valence-corrected chi connectivity index (χ4v) is 2.79. The van der Waals surface area contributed by atoms with Crippen molar-refractivity contribution in [2.75, 3.05) is 5.32 Å². The molecule has 2 aromatic heterocycles. The number of hydrogen-bond acceptors (Lipinski definition) is 5. The van der Waals surface area contributed by atoms with Gasteiger partial charge in [-0.3, -0.25) is 4.68 Å². The minimum Gasteiger partial charge on any atom is -0.354 e. The Morgan fingerprint density at radius 1 is 1.37 bits per heavy atom. The van der Waals surface area contributed by atoms with Crippen LogP contribution in [0.1, 0.15) is 37.9 Å². The van der Waals surface area contributed by atoms with Crippen LogP contribution in [0.4, 0.5) is 5.13 Å². The van der Waals surface area contributed by atoms with Gasteiger partial charge in [0, 0.05) is 19.2 Å². The average Bonchev–Trinajstić information content (AvgIpc) is 2.96. The fraction of sp³-hybridized carbons (Fsp3) is 0.615. The molecular formula is C13H21N5S. The van der Waals surface area contributed by atoms with Crippen molar-refractivity contribution in [2.45, 2.75) is 46.7 Å². The van der Waals surface area contributed by atoms with Gasteiger partial charge in [-0.1, -0.05) is 32.1 Å².